The summed E-state index contributed by atoms with van der Waals surface area (Å²) in [6, 6.07) is 55.2. The Balaban J connectivity index is 1.20. The van der Waals surface area contributed by atoms with Gasteiger partial charge < -0.3 is 14.7 Å². The Bertz CT molecular complexity index is 3240. The van der Waals surface area contributed by atoms with Crippen LogP contribution in [0.2, 0.25) is 0 Å². The fraction of sp³-hybridized carbons (Fsp3) is 0.373. The SMILES string of the molecule is Cc1cc2c3c(c1)N(c1ccc(C(C)(C)C)cc1-c1ccccc1)c1cc(C(C)(C)C)ccc1B3c1ccc(N3c4ccc(C(C)(C)C)cc4C4(C)CCCCC34C)cc1N2c1ccc(C(C)(C)C)cc1. The molecular formula is C67H76BN3. The molecule has 0 aromatic heterocycles. The fourth-order valence-electron chi connectivity index (χ4n) is 13.0. The summed E-state index contributed by atoms with van der Waals surface area (Å²) in [5.74, 6) is 0. The first-order valence-corrected chi connectivity index (χ1v) is 26.7. The lowest BCUT2D eigenvalue weighted by Crippen LogP contribution is -2.61. The maximum absolute atomic E-state index is 2.78. The largest absolute Gasteiger partial charge is 0.334 e. The van der Waals surface area contributed by atoms with Crippen molar-refractivity contribution in [2.75, 3.05) is 14.7 Å². The smallest absolute Gasteiger partial charge is 0.252 e. The van der Waals surface area contributed by atoms with Crippen molar-refractivity contribution in [2.45, 2.75) is 162 Å². The second-order valence-electron chi connectivity index (χ2n) is 26.4. The molecule has 2 unspecified atom stereocenters. The third-order valence-corrected chi connectivity index (χ3v) is 17.5. The van der Waals surface area contributed by atoms with Gasteiger partial charge in [-0.15, -0.1) is 0 Å². The van der Waals surface area contributed by atoms with E-state index in [4.69, 9.17) is 0 Å². The Morgan fingerprint density at radius 1 is 0.437 bits per heavy atom. The molecule has 4 heteroatoms. The zero-order valence-electron chi connectivity index (χ0n) is 45.5. The van der Waals surface area contributed by atoms with Crippen molar-refractivity contribution in [1.82, 2.24) is 0 Å². The van der Waals surface area contributed by atoms with Gasteiger partial charge in [-0.1, -0.05) is 182 Å². The van der Waals surface area contributed by atoms with Crippen LogP contribution in [-0.4, -0.2) is 12.3 Å². The summed E-state index contributed by atoms with van der Waals surface area (Å²) < 4.78 is 0. The summed E-state index contributed by atoms with van der Waals surface area (Å²) >= 11 is 0. The lowest BCUT2D eigenvalue weighted by Gasteiger charge is -2.50. The number of rotatable bonds is 4. The molecule has 1 fully saturated rings. The van der Waals surface area contributed by atoms with Crippen LogP contribution >= 0.6 is 0 Å². The third kappa shape index (κ3) is 7.43. The topological polar surface area (TPSA) is 9.72 Å². The summed E-state index contributed by atoms with van der Waals surface area (Å²) in [5.41, 5.74) is 24.8. The van der Waals surface area contributed by atoms with Crippen LogP contribution in [0.1, 0.15) is 156 Å². The molecule has 3 heterocycles. The first kappa shape index (κ1) is 47.3. The molecule has 0 bridgehead atoms. The van der Waals surface area contributed by atoms with Gasteiger partial charge in [-0.25, -0.2) is 0 Å². The summed E-state index contributed by atoms with van der Waals surface area (Å²) in [7, 11) is 0. The molecule has 0 N–H and O–H groups in total. The van der Waals surface area contributed by atoms with Crippen molar-refractivity contribution < 1.29 is 0 Å². The molecular weight excluding hydrogens is 858 g/mol. The Hall–Kier alpha value is -6.00. The maximum atomic E-state index is 2.78. The van der Waals surface area contributed by atoms with Crippen molar-refractivity contribution in [3.63, 3.8) is 0 Å². The number of nitrogens with zero attached hydrogens (tertiary/aromatic N) is 3. The van der Waals surface area contributed by atoms with Gasteiger partial charge in [-0.05, 0) is 164 Å². The second-order valence-corrected chi connectivity index (χ2v) is 26.4. The predicted molar refractivity (Wildman–Crippen MR) is 308 cm³/mol. The van der Waals surface area contributed by atoms with E-state index in [1.54, 1.807) is 0 Å². The molecule has 3 aliphatic heterocycles. The van der Waals surface area contributed by atoms with Crippen molar-refractivity contribution >= 4 is 68.6 Å². The van der Waals surface area contributed by atoms with Crippen molar-refractivity contribution in [3.8, 4) is 11.1 Å². The molecule has 0 amide bonds. The highest BCUT2D eigenvalue weighted by Gasteiger charge is 2.58. The maximum Gasteiger partial charge on any atom is 0.252 e. The second kappa shape index (κ2) is 16.0. The van der Waals surface area contributed by atoms with E-state index in [9.17, 15) is 0 Å². The highest BCUT2D eigenvalue weighted by atomic mass is 15.3. The number of benzene rings is 7. The molecule has 11 rings (SSSR count). The Morgan fingerprint density at radius 2 is 0.944 bits per heavy atom. The number of aryl methyl sites for hydroxylation is 1. The molecule has 7 aromatic carbocycles. The number of anilines is 8. The Morgan fingerprint density at radius 3 is 1.58 bits per heavy atom. The van der Waals surface area contributed by atoms with Gasteiger partial charge in [0.1, 0.15) is 0 Å². The van der Waals surface area contributed by atoms with Crippen LogP contribution in [0.25, 0.3) is 11.1 Å². The van der Waals surface area contributed by atoms with E-state index < -0.39 is 0 Å². The minimum absolute atomic E-state index is 0.0137. The van der Waals surface area contributed by atoms with Gasteiger partial charge in [0.25, 0.3) is 6.71 Å². The standard InChI is InChI=1S/C67H76BN3/c1-43-37-59-61-60(38-43)70(55-33-26-46(63(5,6)7)39-51(55)44-21-17-16-18-22-44)57-41-48(65(11,12)13)25-31-53(57)68(61)54-32-30-50(42-58(54)69(59)49-28-23-45(24-29-49)62(2,3)4)71-56-34-27-47(64(8,9)10)40-52(56)66(14)35-19-20-36-67(66,71)15/h16-18,21-34,37-42H,19-20,35-36H2,1-15H3. The molecule has 0 spiro atoms. The van der Waals surface area contributed by atoms with Crippen LogP contribution in [0.4, 0.5) is 45.5 Å². The molecule has 2 atom stereocenters. The lowest BCUT2D eigenvalue weighted by molar-refractivity contribution is 0.195. The van der Waals surface area contributed by atoms with Gasteiger partial charge in [-0.2, -0.15) is 0 Å². The summed E-state index contributed by atoms with van der Waals surface area (Å²) in [5, 5.41) is 0. The highest BCUT2D eigenvalue weighted by molar-refractivity contribution is 7.00. The Labute approximate surface area is 427 Å². The molecule has 7 aromatic rings. The first-order valence-electron chi connectivity index (χ1n) is 26.7. The van der Waals surface area contributed by atoms with Crippen LogP contribution < -0.4 is 31.1 Å². The molecule has 71 heavy (non-hydrogen) atoms. The van der Waals surface area contributed by atoms with E-state index >= 15 is 0 Å². The van der Waals surface area contributed by atoms with E-state index in [1.165, 1.54) is 126 Å². The quantitative estimate of drug-likeness (QED) is 0.163. The van der Waals surface area contributed by atoms with Crippen LogP contribution in [0.15, 0.2) is 140 Å². The Kier molecular flexibility index (Phi) is 10.7. The summed E-state index contributed by atoms with van der Waals surface area (Å²) in [6.07, 6.45) is 4.87. The average molecular weight is 934 g/mol. The first-order chi connectivity index (χ1) is 33.4. The zero-order chi connectivity index (χ0) is 50.4. The van der Waals surface area contributed by atoms with Gasteiger partial charge in [0, 0.05) is 50.8 Å². The molecule has 3 nitrogen and oxygen atoms in total. The number of hydrogen-bond acceptors (Lipinski definition) is 3. The van der Waals surface area contributed by atoms with E-state index in [0.29, 0.717) is 0 Å². The minimum atomic E-state index is -0.0753. The van der Waals surface area contributed by atoms with Crippen LogP contribution in [0, 0.1) is 6.92 Å². The lowest BCUT2D eigenvalue weighted by atomic mass is 9.33. The summed E-state index contributed by atoms with van der Waals surface area (Å²) in [4.78, 5) is 8.05. The van der Waals surface area contributed by atoms with Crippen molar-refractivity contribution in [2.24, 2.45) is 0 Å². The van der Waals surface area contributed by atoms with Gasteiger partial charge in [0.15, 0.2) is 0 Å². The van der Waals surface area contributed by atoms with Gasteiger partial charge in [-0.3, -0.25) is 0 Å². The number of hydrogen-bond donors (Lipinski definition) is 0. The highest BCUT2D eigenvalue weighted by Crippen LogP contribution is 2.62. The van der Waals surface area contributed by atoms with Crippen LogP contribution in [0.5, 0.6) is 0 Å². The van der Waals surface area contributed by atoms with Gasteiger partial charge in [0.05, 0.1) is 11.2 Å². The van der Waals surface area contributed by atoms with Crippen LogP contribution in [0.3, 0.4) is 0 Å². The number of fused-ring (bicyclic) bond motifs is 7. The monoisotopic (exact) mass is 934 g/mol. The minimum Gasteiger partial charge on any atom is -0.334 e. The molecule has 0 saturated heterocycles. The summed E-state index contributed by atoms with van der Waals surface area (Å²) in [6.45, 7) is 35.5. The van der Waals surface area contributed by atoms with E-state index in [-0.39, 0.29) is 39.3 Å². The van der Waals surface area contributed by atoms with Crippen molar-refractivity contribution in [3.05, 3.63) is 173 Å². The van der Waals surface area contributed by atoms with Gasteiger partial charge in [0.2, 0.25) is 0 Å². The normalized spacial score (nSPS) is 19.5. The predicted octanol–water partition coefficient (Wildman–Crippen LogP) is 16.7. The zero-order valence-corrected chi connectivity index (χ0v) is 45.5. The molecule has 0 radical (unpaired) electrons. The van der Waals surface area contributed by atoms with Gasteiger partial charge >= 0.3 is 0 Å². The van der Waals surface area contributed by atoms with Crippen molar-refractivity contribution in [1.29, 1.82) is 0 Å². The average Bonchev–Trinajstić information content (AvgIpc) is 3.52. The van der Waals surface area contributed by atoms with E-state index in [2.05, 4.69) is 258 Å². The molecule has 4 aliphatic rings. The molecule has 1 saturated carbocycles. The molecule has 362 valence electrons. The van der Waals surface area contributed by atoms with E-state index in [1.807, 2.05) is 0 Å². The third-order valence-electron chi connectivity index (χ3n) is 17.5. The van der Waals surface area contributed by atoms with E-state index in [0.717, 1.165) is 6.42 Å². The molecule has 1 aliphatic carbocycles. The van der Waals surface area contributed by atoms with Crippen LogP contribution in [-0.2, 0) is 27.1 Å². The fourth-order valence-corrected chi connectivity index (χ4v) is 13.0.